The SMILES string of the molecule is Cc1cccc(Oc2ccc(C3NC(=O)NC(C(C)C)=C3C(=O)OC(C)C)cc2)c1C. The first-order valence-electron chi connectivity index (χ1n) is 10.5. The molecule has 6 nitrogen and oxygen atoms in total. The highest BCUT2D eigenvalue weighted by atomic mass is 16.5. The van der Waals surface area contributed by atoms with Gasteiger partial charge < -0.3 is 20.1 Å². The smallest absolute Gasteiger partial charge is 0.338 e. The van der Waals surface area contributed by atoms with E-state index in [1.807, 2.05) is 70.2 Å². The first-order valence-corrected chi connectivity index (χ1v) is 10.5. The monoisotopic (exact) mass is 422 g/mol. The van der Waals surface area contributed by atoms with Crippen molar-refractivity contribution >= 4 is 12.0 Å². The summed E-state index contributed by atoms with van der Waals surface area (Å²) in [7, 11) is 0. The largest absolute Gasteiger partial charge is 0.459 e. The zero-order valence-corrected chi connectivity index (χ0v) is 18.9. The van der Waals surface area contributed by atoms with E-state index in [0.717, 1.165) is 22.4 Å². The first-order chi connectivity index (χ1) is 14.7. The van der Waals surface area contributed by atoms with Crippen LogP contribution in [0.25, 0.3) is 0 Å². The number of benzene rings is 2. The van der Waals surface area contributed by atoms with Crippen LogP contribution in [0, 0.1) is 19.8 Å². The second-order valence-electron chi connectivity index (χ2n) is 8.34. The van der Waals surface area contributed by atoms with Gasteiger partial charge >= 0.3 is 12.0 Å². The average molecular weight is 423 g/mol. The van der Waals surface area contributed by atoms with Crippen LogP contribution in [0.5, 0.6) is 11.5 Å². The van der Waals surface area contributed by atoms with Gasteiger partial charge in [-0.25, -0.2) is 9.59 Å². The molecule has 1 aliphatic heterocycles. The molecule has 0 fully saturated rings. The lowest BCUT2D eigenvalue weighted by molar-refractivity contribution is -0.143. The molecule has 1 unspecified atom stereocenters. The van der Waals surface area contributed by atoms with E-state index >= 15 is 0 Å². The van der Waals surface area contributed by atoms with Crippen molar-refractivity contribution in [2.24, 2.45) is 5.92 Å². The Hall–Kier alpha value is -3.28. The van der Waals surface area contributed by atoms with Gasteiger partial charge in [0.25, 0.3) is 0 Å². The number of carbonyl (C=O) groups excluding carboxylic acids is 2. The second kappa shape index (κ2) is 9.25. The van der Waals surface area contributed by atoms with Gasteiger partial charge in [-0.1, -0.05) is 38.1 Å². The topological polar surface area (TPSA) is 76.7 Å². The van der Waals surface area contributed by atoms with Gasteiger partial charge in [0.2, 0.25) is 0 Å². The van der Waals surface area contributed by atoms with Gasteiger partial charge in [0.1, 0.15) is 11.5 Å². The predicted octanol–water partition coefficient (Wildman–Crippen LogP) is 5.31. The maximum absolute atomic E-state index is 12.9. The minimum Gasteiger partial charge on any atom is -0.459 e. The quantitative estimate of drug-likeness (QED) is 0.619. The molecule has 2 N–H and O–H groups in total. The summed E-state index contributed by atoms with van der Waals surface area (Å²) >= 11 is 0. The van der Waals surface area contributed by atoms with Crippen molar-refractivity contribution in [2.75, 3.05) is 0 Å². The standard InChI is InChI=1S/C25H30N2O4/c1-14(2)22-21(24(28)30-15(3)4)23(27-25(29)26-22)18-10-12-19(13-11-18)31-20-9-7-8-16(5)17(20)6/h7-15,23H,1-6H3,(H2,26,27,29). The molecule has 6 heteroatoms. The van der Waals surface area contributed by atoms with Crippen LogP contribution in [-0.2, 0) is 9.53 Å². The van der Waals surface area contributed by atoms with Crippen LogP contribution >= 0.6 is 0 Å². The maximum Gasteiger partial charge on any atom is 0.338 e. The fraction of sp³-hybridized carbons (Fsp3) is 0.360. The zero-order chi connectivity index (χ0) is 22.7. The fourth-order valence-corrected chi connectivity index (χ4v) is 3.49. The van der Waals surface area contributed by atoms with E-state index in [9.17, 15) is 9.59 Å². The summed E-state index contributed by atoms with van der Waals surface area (Å²) in [6.45, 7) is 11.5. The van der Waals surface area contributed by atoms with Gasteiger partial charge in [-0.05, 0) is 68.5 Å². The summed E-state index contributed by atoms with van der Waals surface area (Å²) in [6.07, 6.45) is -0.264. The van der Waals surface area contributed by atoms with Gasteiger partial charge in [-0.3, -0.25) is 0 Å². The Morgan fingerprint density at radius 2 is 1.68 bits per heavy atom. The molecule has 1 atom stereocenters. The van der Waals surface area contributed by atoms with Crippen molar-refractivity contribution < 1.29 is 19.1 Å². The molecular formula is C25H30N2O4. The van der Waals surface area contributed by atoms with Crippen LogP contribution in [0.1, 0.15) is 50.4 Å². The lowest BCUT2D eigenvalue weighted by Crippen LogP contribution is -2.47. The molecule has 0 saturated heterocycles. The summed E-state index contributed by atoms with van der Waals surface area (Å²) in [5, 5.41) is 5.64. The van der Waals surface area contributed by atoms with Gasteiger partial charge in [0.05, 0.1) is 17.7 Å². The number of aryl methyl sites for hydroxylation is 1. The van der Waals surface area contributed by atoms with E-state index in [2.05, 4.69) is 10.6 Å². The lowest BCUT2D eigenvalue weighted by atomic mass is 9.91. The molecular weight excluding hydrogens is 392 g/mol. The third-order valence-electron chi connectivity index (χ3n) is 5.24. The highest BCUT2D eigenvalue weighted by Crippen LogP contribution is 2.33. The zero-order valence-electron chi connectivity index (χ0n) is 18.9. The number of hydrogen-bond acceptors (Lipinski definition) is 4. The Morgan fingerprint density at radius 1 is 1.00 bits per heavy atom. The van der Waals surface area contributed by atoms with Gasteiger partial charge in [0.15, 0.2) is 0 Å². The van der Waals surface area contributed by atoms with Crippen molar-refractivity contribution in [3.05, 3.63) is 70.4 Å². The lowest BCUT2D eigenvalue weighted by Gasteiger charge is -2.31. The Bertz CT molecular complexity index is 1010. The molecule has 0 bridgehead atoms. The number of urea groups is 1. The summed E-state index contributed by atoms with van der Waals surface area (Å²) in [5.41, 5.74) is 4.02. The maximum atomic E-state index is 12.9. The molecule has 164 valence electrons. The minimum absolute atomic E-state index is 0.0461. The van der Waals surface area contributed by atoms with E-state index in [1.54, 1.807) is 13.8 Å². The van der Waals surface area contributed by atoms with E-state index < -0.39 is 12.0 Å². The van der Waals surface area contributed by atoms with Crippen LogP contribution in [0.15, 0.2) is 53.7 Å². The average Bonchev–Trinajstić information content (AvgIpc) is 2.70. The first kappa shape index (κ1) is 22.4. The normalized spacial score (nSPS) is 16.3. The number of ether oxygens (including phenoxy) is 2. The summed E-state index contributed by atoms with van der Waals surface area (Å²) in [5.74, 6) is 0.991. The molecule has 3 rings (SSSR count). The molecule has 2 aromatic carbocycles. The summed E-state index contributed by atoms with van der Waals surface area (Å²) in [4.78, 5) is 25.2. The van der Waals surface area contributed by atoms with Gasteiger partial charge in [-0.2, -0.15) is 0 Å². The second-order valence-corrected chi connectivity index (χ2v) is 8.34. The Kier molecular flexibility index (Phi) is 6.68. The number of carbonyl (C=O) groups is 2. The van der Waals surface area contributed by atoms with Crippen LogP contribution in [-0.4, -0.2) is 18.1 Å². The summed E-state index contributed by atoms with van der Waals surface area (Å²) < 4.78 is 11.5. The molecule has 0 spiro atoms. The van der Waals surface area contributed by atoms with E-state index in [1.165, 1.54) is 0 Å². The molecule has 1 heterocycles. The number of amides is 2. The van der Waals surface area contributed by atoms with Crippen molar-refractivity contribution in [1.82, 2.24) is 10.6 Å². The van der Waals surface area contributed by atoms with E-state index in [4.69, 9.17) is 9.47 Å². The fourth-order valence-electron chi connectivity index (χ4n) is 3.49. The molecule has 0 saturated carbocycles. The van der Waals surface area contributed by atoms with Crippen LogP contribution in [0.3, 0.4) is 0 Å². The van der Waals surface area contributed by atoms with Crippen molar-refractivity contribution in [3.63, 3.8) is 0 Å². The Labute approximate surface area is 183 Å². The molecule has 31 heavy (non-hydrogen) atoms. The van der Waals surface area contributed by atoms with Crippen molar-refractivity contribution in [1.29, 1.82) is 0 Å². The third-order valence-corrected chi connectivity index (χ3v) is 5.24. The molecule has 0 aromatic heterocycles. The highest BCUT2D eigenvalue weighted by Gasteiger charge is 2.35. The van der Waals surface area contributed by atoms with Gasteiger partial charge in [0, 0.05) is 5.70 Å². The Morgan fingerprint density at radius 3 is 2.29 bits per heavy atom. The summed E-state index contributed by atoms with van der Waals surface area (Å²) in [6, 6.07) is 12.4. The number of esters is 1. The Balaban J connectivity index is 1.93. The number of nitrogens with one attached hydrogen (secondary N) is 2. The van der Waals surface area contributed by atoms with Crippen LogP contribution in [0.2, 0.25) is 0 Å². The highest BCUT2D eigenvalue weighted by molar-refractivity contribution is 5.95. The molecule has 0 aliphatic carbocycles. The third kappa shape index (κ3) is 5.08. The van der Waals surface area contributed by atoms with Crippen LogP contribution < -0.4 is 15.4 Å². The predicted molar refractivity (Wildman–Crippen MR) is 120 cm³/mol. The molecule has 1 aliphatic rings. The van der Waals surface area contributed by atoms with Gasteiger partial charge in [-0.15, -0.1) is 0 Å². The van der Waals surface area contributed by atoms with E-state index in [-0.39, 0.29) is 18.1 Å². The number of allylic oxidation sites excluding steroid dienone is 1. The molecule has 2 amide bonds. The molecule has 2 aromatic rings. The number of hydrogen-bond donors (Lipinski definition) is 2. The van der Waals surface area contributed by atoms with E-state index in [0.29, 0.717) is 17.0 Å². The van der Waals surface area contributed by atoms with Crippen molar-refractivity contribution in [2.45, 2.75) is 53.7 Å². The number of rotatable bonds is 6. The van der Waals surface area contributed by atoms with Crippen molar-refractivity contribution in [3.8, 4) is 11.5 Å². The minimum atomic E-state index is -0.604. The molecule has 0 radical (unpaired) electrons. The van der Waals surface area contributed by atoms with Crippen LogP contribution in [0.4, 0.5) is 4.79 Å².